The molecule has 3 nitrogen and oxygen atoms in total. The Morgan fingerprint density at radius 3 is 2.42 bits per heavy atom. The molecule has 3 fully saturated rings. The molecule has 0 spiro atoms. The molecule has 0 bridgehead atoms. The van der Waals surface area contributed by atoms with Gasteiger partial charge in [-0.15, -0.1) is 0 Å². The number of allylic oxidation sites excluding steroid dienone is 2. The molecule has 168 valence electrons. The minimum absolute atomic E-state index is 0.104. The van der Waals surface area contributed by atoms with E-state index in [-0.39, 0.29) is 17.5 Å². The number of ether oxygens (including phenoxy) is 2. The highest BCUT2D eigenvalue weighted by molar-refractivity contribution is 5.67. The van der Waals surface area contributed by atoms with Crippen molar-refractivity contribution < 1.29 is 14.3 Å². The Labute approximate surface area is 187 Å². The molecule has 31 heavy (non-hydrogen) atoms. The molecule has 0 radical (unpaired) electrons. The second-order valence-corrected chi connectivity index (χ2v) is 11.2. The molecule has 4 aliphatic carbocycles. The molecule has 1 aromatic carbocycles. The Bertz CT molecular complexity index is 871. The zero-order chi connectivity index (χ0) is 21.8. The van der Waals surface area contributed by atoms with Crippen molar-refractivity contribution in [3.8, 4) is 5.75 Å². The largest absolute Gasteiger partial charge is 0.497 e. The Morgan fingerprint density at radius 1 is 0.968 bits per heavy atom. The van der Waals surface area contributed by atoms with Crippen LogP contribution in [0.5, 0.6) is 5.75 Å². The van der Waals surface area contributed by atoms with Crippen molar-refractivity contribution >= 4 is 11.5 Å². The van der Waals surface area contributed by atoms with Gasteiger partial charge < -0.3 is 9.47 Å². The van der Waals surface area contributed by atoms with Crippen LogP contribution in [0.3, 0.4) is 0 Å². The first-order valence-electron chi connectivity index (χ1n) is 12.4. The Morgan fingerprint density at radius 2 is 1.71 bits per heavy atom. The number of carbonyl (C=O) groups excluding carboxylic acids is 1. The maximum Gasteiger partial charge on any atom is 0.302 e. The maximum atomic E-state index is 11.7. The standard InChI is InChI=1S/C28H38O3/c1-18(29)31-26-12-11-24-23-10-7-21-17-20(19-5-8-22(30-4)9-6-19)13-15-27(21,2)25(23)14-16-28(24,26)3/h5-6,8-9,13,21,23-26H,7,10-12,14-17H2,1-4H3/t21-,23-,24-,25-,26-,27-,28-/m0/s1. The molecule has 0 saturated heterocycles. The number of hydrogen-bond acceptors (Lipinski definition) is 3. The molecule has 0 aliphatic heterocycles. The lowest BCUT2D eigenvalue weighted by molar-refractivity contribution is -0.159. The minimum Gasteiger partial charge on any atom is -0.497 e. The lowest BCUT2D eigenvalue weighted by atomic mass is 9.45. The first-order valence-corrected chi connectivity index (χ1v) is 12.4. The van der Waals surface area contributed by atoms with Crippen molar-refractivity contribution in [2.24, 2.45) is 34.5 Å². The van der Waals surface area contributed by atoms with E-state index in [4.69, 9.17) is 9.47 Å². The summed E-state index contributed by atoms with van der Waals surface area (Å²) in [5, 5.41) is 0. The molecule has 0 heterocycles. The SMILES string of the molecule is COc1ccc(C2=CC[C@@]3(C)[C@@H](CC[C@@H]4[C@@H]3CC[C@]3(C)[C@@H](OC(C)=O)CC[C@@H]43)C2)cc1. The highest BCUT2D eigenvalue weighted by atomic mass is 16.5. The highest BCUT2D eigenvalue weighted by Crippen LogP contribution is 2.66. The summed E-state index contributed by atoms with van der Waals surface area (Å²) in [6.45, 7) is 6.59. The van der Waals surface area contributed by atoms with Crippen molar-refractivity contribution in [2.45, 2.75) is 78.2 Å². The summed E-state index contributed by atoms with van der Waals surface area (Å²) in [6.07, 6.45) is 12.6. The first-order chi connectivity index (χ1) is 14.8. The van der Waals surface area contributed by atoms with E-state index >= 15 is 0 Å². The lowest BCUT2D eigenvalue weighted by Gasteiger charge is -2.60. The number of hydrogen-bond donors (Lipinski definition) is 0. The van der Waals surface area contributed by atoms with E-state index in [2.05, 4.69) is 44.2 Å². The van der Waals surface area contributed by atoms with Gasteiger partial charge in [0.05, 0.1) is 7.11 Å². The van der Waals surface area contributed by atoms with E-state index in [0.29, 0.717) is 5.41 Å². The quantitative estimate of drug-likeness (QED) is 0.511. The zero-order valence-electron chi connectivity index (χ0n) is 19.7. The summed E-state index contributed by atoms with van der Waals surface area (Å²) in [4.78, 5) is 11.7. The number of benzene rings is 1. The van der Waals surface area contributed by atoms with Crippen LogP contribution in [-0.2, 0) is 9.53 Å². The van der Waals surface area contributed by atoms with Crippen molar-refractivity contribution in [1.29, 1.82) is 0 Å². The van der Waals surface area contributed by atoms with Crippen molar-refractivity contribution in [2.75, 3.05) is 7.11 Å². The summed E-state index contributed by atoms with van der Waals surface area (Å²) >= 11 is 0. The number of methoxy groups -OCH3 is 1. The third-order valence-corrected chi connectivity index (χ3v) is 10.0. The topological polar surface area (TPSA) is 35.5 Å². The van der Waals surface area contributed by atoms with Gasteiger partial charge in [-0.3, -0.25) is 4.79 Å². The highest BCUT2D eigenvalue weighted by Gasteiger charge is 2.60. The van der Waals surface area contributed by atoms with Crippen LogP contribution in [0.1, 0.15) is 77.7 Å². The third kappa shape index (κ3) is 3.34. The molecule has 1 aromatic rings. The van der Waals surface area contributed by atoms with Gasteiger partial charge in [0.1, 0.15) is 11.9 Å². The van der Waals surface area contributed by atoms with Gasteiger partial charge in [0, 0.05) is 12.3 Å². The van der Waals surface area contributed by atoms with Crippen molar-refractivity contribution in [1.82, 2.24) is 0 Å². The van der Waals surface area contributed by atoms with E-state index in [9.17, 15) is 4.79 Å². The molecule has 0 unspecified atom stereocenters. The normalized spacial score (nSPS) is 41.4. The lowest BCUT2D eigenvalue weighted by Crippen LogP contribution is -2.53. The van der Waals surface area contributed by atoms with E-state index in [1.165, 1.54) is 56.1 Å². The Kier molecular flexibility index (Phi) is 5.22. The fourth-order valence-corrected chi connectivity index (χ4v) is 8.27. The summed E-state index contributed by atoms with van der Waals surface area (Å²) < 4.78 is 11.2. The van der Waals surface area contributed by atoms with Crippen LogP contribution in [0, 0.1) is 34.5 Å². The minimum atomic E-state index is -0.104. The summed E-state index contributed by atoms with van der Waals surface area (Å²) in [7, 11) is 1.73. The van der Waals surface area contributed by atoms with Crippen LogP contribution >= 0.6 is 0 Å². The fourth-order valence-electron chi connectivity index (χ4n) is 8.27. The number of carbonyl (C=O) groups is 1. The molecular formula is C28H38O3. The van der Waals surface area contributed by atoms with Gasteiger partial charge >= 0.3 is 5.97 Å². The van der Waals surface area contributed by atoms with Crippen molar-refractivity contribution in [3.63, 3.8) is 0 Å². The predicted molar refractivity (Wildman–Crippen MR) is 124 cm³/mol. The summed E-state index contributed by atoms with van der Waals surface area (Å²) in [6, 6.07) is 8.61. The average Bonchev–Trinajstić information content (AvgIpc) is 3.09. The van der Waals surface area contributed by atoms with Gasteiger partial charge in [-0.25, -0.2) is 0 Å². The monoisotopic (exact) mass is 422 g/mol. The van der Waals surface area contributed by atoms with E-state index in [1.807, 2.05) is 0 Å². The number of fused-ring (bicyclic) bond motifs is 5. The van der Waals surface area contributed by atoms with Gasteiger partial charge in [0.25, 0.3) is 0 Å². The molecule has 3 saturated carbocycles. The summed E-state index contributed by atoms with van der Waals surface area (Å²) in [5.74, 6) is 3.95. The van der Waals surface area contributed by atoms with Gasteiger partial charge in [-0.1, -0.05) is 32.1 Å². The van der Waals surface area contributed by atoms with Gasteiger partial charge in [0.15, 0.2) is 0 Å². The second-order valence-electron chi connectivity index (χ2n) is 11.2. The second kappa shape index (κ2) is 7.67. The van der Waals surface area contributed by atoms with Gasteiger partial charge in [0.2, 0.25) is 0 Å². The van der Waals surface area contributed by atoms with E-state index in [0.717, 1.165) is 35.8 Å². The fraction of sp³-hybridized carbons (Fsp3) is 0.679. The smallest absolute Gasteiger partial charge is 0.302 e. The molecule has 0 amide bonds. The molecule has 0 aromatic heterocycles. The summed E-state index contributed by atoms with van der Waals surface area (Å²) in [5.41, 5.74) is 3.50. The maximum absolute atomic E-state index is 11.7. The van der Waals surface area contributed by atoms with Gasteiger partial charge in [-0.05, 0) is 104 Å². The van der Waals surface area contributed by atoms with Crippen LogP contribution < -0.4 is 4.74 Å². The number of esters is 1. The molecule has 0 N–H and O–H groups in total. The molecule has 3 heteroatoms. The van der Waals surface area contributed by atoms with E-state index < -0.39 is 0 Å². The zero-order valence-corrected chi connectivity index (χ0v) is 19.7. The predicted octanol–water partition coefficient (Wildman–Crippen LogP) is 6.66. The van der Waals surface area contributed by atoms with Crippen LogP contribution in [-0.4, -0.2) is 19.2 Å². The Hall–Kier alpha value is -1.77. The molecular weight excluding hydrogens is 384 g/mol. The Balaban J connectivity index is 1.36. The molecule has 4 aliphatic rings. The third-order valence-electron chi connectivity index (χ3n) is 10.0. The van der Waals surface area contributed by atoms with Crippen molar-refractivity contribution in [3.05, 3.63) is 35.9 Å². The van der Waals surface area contributed by atoms with Crippen LogP contribution in [0.15, 0.2) is 30.3 Å². The van der Waals surface area contributed by atoms with Gasteiger partial charge in [-0.2, -0.15) is 0 Å². The average molecular weight is 423 g/mol. The van der Waals surface area contributed by atoms with Crippen LogP contribution in [0.2, 0.25) is 0 Å². The molecule has 5 rings (SSSR count). The number of rotatable bonds is 3. The molecule has 7 atom stereocenters. The van der Waals surface area contributed by atoms with Crippen LogP contribution in [0.25, 0.3) is 5.57 Å². The van der Waals surface area contributed by atoms with E-state index in [1.54, 1.807) is 14.0 Å². The van der Waals surface area contributed by atoms with Crippen LogP contribution in [0.4, 0.5) is 0 Å². The first kappa shape index (κ1) is 21.1.